The molecule has 0 saturated carbocycles. The van der Waals surface area contributed by atoms with Crippen molar-refractivity contribution in [2.24, 2.45) is 0 Å². The molecule has 4 aromatic rings. The Hall–Kier alpha value is -3.92. The maximum absolute atomic E-state index is 13.5. The first-order chi connectivity index (χ1) is 17.5. The number of hydrogen-bond acceptors (Lipinski definition) is 6. The van der Waals surface area contributed by atoms with E-state index >= 15 is 0 Å². The van der Waals surface area contributed by atoms with E-state index in [1.807, 2.05) is 0 Å². The molecule has 0 spiro atoms. The second-order valence-electron chi connectivity index (χ2n) is 8.66. The molecule has 1 aliphatic heterocycles. The van der Waals surface area contributed by atoms with Crippen molar-refractivity contribution in [3.63, 3.8) is 0 Å². The number of carbonyl (C=O) groups is 1. The Morgan fingerprint density at radius 1 is 1.17 bits per heavy atom. The Morgan fingerprint density at radius 3 is 2.75 bits per heavy atom. The Bertz CT molecular complexity index is 1380. The molecule has 4 aromatic heterocycles. The molecule has 2 N–H and O–H groups in total. The van der Waals surface area contributed by atoms with Gasteiger partial charge in [0.05, 0.1) is 17.0 Å². The highest BCUT2D eigenvalue weighted by Gasteiger charge is 2.22. The maximum Gasteiger partial charge on any atom is 0.280 e. The van der Waals surface area contributed by atoms with Crippen LogP contribution in [-0.2, 0) is 4.79 Å². The minimum Gasteiger partial charge on any atom is -0.490 e. The highest BCUT2D eigenvalue weighted by Crippen LogP contribution is 2.40. The van der Waals surface area contributed by atoms with E-state index < -0.39 is 6.43 Å². The lowest BCUT2D eigenvalue weighted by molar-refractivity contribution is -0.114. The number of halogens is 2. The quantitative estimate of drug-likeness (QED) is 0.357. The molecule has 10 heteroatoms. The number of nitrogens with one attached hydrogen (secondary N) is 2. The molecule has 186 valence electrons. The van der Waals surface area contributed by atoms with Gasteiger partial charge in [0.15, 0.2) is 0 Å². The van der Waals surface area contributed by atoms with E-state index in [9.17, 15) is 13.6 Å². The van der Waals surface area contributed by atoms with Gasteiger partial charge in [-0.3, -0.25) is 14.7 Å². The number of fused-ring (bicyclic) bond motifs is 1. The molecule has 5 rings (SSSR count). The second kappa shape index (κ2) is 10.4. The predicted octanol–water partition coefficient (Wildman–Crippen LogP) is 5.06. The fourth-order valence-electron chi connectivity index (χ4n) is 4.48. The lowest BCUT2D eigenvalue weighted by Crippen LogP contribution is -2.25. The lowest BCUT2D eigenvalue weighted by Gasteiger charge is -2.15. The number of hydrogen-bond donors (Lipinski definition) is 2. The number of aromatic nitrogens is 4. The van der Waals surface area contributed by atoms with Crippen molar-refractivity contribution in [1.82, 2.24) is 24.8 Å². The Labute approximate surface area is 206 Å². The van der Waals surface area contributed by atoms with Crippen LogP contribution in [0.2, 0.25) is 0 Å². The van der Waals surface area contributed by atoms with Crippen molar-refractivity contribution in [3.8, 4) is 28.3 Å². The van der Waals surface area contributed by atoms with E-state index in [1.165, 1.54) is 25.8 Å². The minimum atomic E-state index is -2.71. The molecule has 0 aromatic carbocycles. The molecule has 1 saturated heterocycles. The van der Waals surface area contributed by atoms with Crippen molar-refractivity contribution >= 4 is 22.8 Å². The van der Waals surface area contributed by atoms with E-state index in [1.54, 1.807) is 42.7 Å². The number of rotatable bonds is 8. The summed E-state index contributed by atoms with van der Waals surface area (Å²) in [5, 5.41) is 2.67. The highest BCUT2D eigenvalue weighted by molar-refractivity contribution is 6.03. The summed E-state index contributed by atoms with van der Waals surface area (Å²) in [4.78, 5) is 30.3. The standard InChI is InChI=1S/C26H26F2N6O2/c1-16(35)31-21-15-17(7-9-29-21)23-22(18-5-4-6-19(32-18)26(27)28)25-24(33-23)20(8-10-30-25)36-14-13-34-11-2-3-12-34/h4-10,15,26,33H,2-3,11-14H2,1H3,(H,29,31,35). The lowest BCUT2D eigenvalue weighted by atomic mass is 10.0. The van der Waals surface area contributed by atoms with Crippen molar-refractivity contribution in [3.05, 3.63) is 54.5 Å². The molecule has 1 fully saturated rings. The van der Waals surface area contributed by atoms with Crippen LogP contribution in [-0.4, -0.2) is 57.0 Å². The van der Waals surface area contributed by atoms with Gasteiger partial charge in [-0.15, -0.1) is 0 Å². The number of aromatic amines is 1. The van der Waals surface area contributed by atoms with Crippen molar-refractivity contribution in [2.75, 3.05) is 31.6 Å². The molecule has 8 nitrogen and oxygen atoms in total. The number of nitrogens with zero attached hydrogens (tertiary/aromatic N) is 4. The first-order valence-electron chi connectivity index (χ1n) is 11.8. The van der Waals surface area contributed by atoms with Gasteiger partial charge in [-0.05, 0) is 50.2 Å². The minimum absolute atomic E-state index is 0.252. The number of ether oxygens (including phenoxy) is 1. The van der Waals surface area contributed by atoms with Crippen LogP contribution in [0.3, 0.4) is 0 Å². The molecule has 0 aliphatic carbocycles. The van der Waals surface area contributed by atoms with Crippen LogP contribution >= 0.6 is 0 Å². The van der Waals surface area contributed by atoms with Crippen LogP contribution in [0.25, 0.3) is 33.5 Å². The molecule has 0 bridgehead atoms. The van der Waals surface area contributed by atoms with Crippen LogP contribution in [0.4, 0.5) is 14.6 Å². The van der Waals surface area contributed by atoms with Crippen LogP contribution in [0, 0.1) is 0 Å². The van der Waals surface area contributed by atoms with E-state index in [0.717, 1.165) is 19.6 Å². The zero-order valence-electron chi connectivity index (χ0n) is 19.8. The van der Waals surface area contributed by atoms with E-state index in [4.69, 9.17) is 4.74 Å². The summed E-state index contributed by atoms with van der Waals surface area (Å²) in [6.45, 7) is 4.90. The van der Waals surface area contributed by atoms with Gasteiger partial charge >= 0.3 is 0 Å². The molecule has 1 aliphatic rings. The highest BCUT2D eigenvalue weighted by atomic mass is 19.3. The van der Waals surface area contributed by atoms with Crippen LogP contribution < -0.4 is 10.1 Å². The Kier molecular flexibility index (Phi) is 6.86. The molecule has 0 unspecified atom stereocenters. The van der Waals surface area contributed by atoms with Gasteiger partial charge in [0.25, 0.3) is 6.43 Å². The van der Waals surface area contributed by atoms with Gasteiger partial charge in [-0.2, -0.15) is 0 Å². The normalized spacial score (nSPS) is 14.0. The Morgan fingerprint density at radius 2 is 1.97 bits per heavy atom. The van der Waals surface area contributed by atoms with Gasteiger partial charge in [-0.25, -0.2) is 18.7 Å². The van der Waals surface area contributed by atoms with Crippen molar-refractivity contribution < 1.29 is 18.3 Å². The van der Waals surface area contributed by atoms with Gasteiger partial charge in [0.2, 0.25) is 5.91 Å². The first-order valence-corrected chi connectivity index (χ1v) is 11.8. The number of likely N-dealkylation sites (tertiary alicyclic amines) is 1. The second-order valence-corrected chi connectivity index (χ2v) is 8.66. The number of alkyl halides is 2. The summed E-state index contributed by atoms with van der Waals surface area (Å²) in [6, 6.07) is 9.79. The molecule has 0 radical (unpaired) electrons. The monoisotopic (exact) mass is 492 g/mol. The fourth-order valence-corrected chi connectivity index (χ4v) is 4.48. The van der Waals surface area contributed by atoms with Crippen molar-refractivity contribution in [1.29, 1.82) is 0 Å². The average molecular weight is 493 g/mol. The number of carbonyl (C=O) groups excluding carboxylic acids is 1. The van der Waals surface area contributed by atoms with Crippen molar-refractivity contribution in [2.45, 2.75) is 26.2 Å². The Balaban J connectivity index is 1.60. The summed E-state index contributed by atoms with van der Waals surface area (Å²) in [6.07, 6.45) is 2.92. The van der Waals surface area contributed by atoms with E-state index in [0.29, 0.717) is 51.7 Å². The van der Waals surface area contributed by atoms with Gasteiger partial charge < -0.3 is 15.0 Å². The molecular weight excluding hydrogens is 466 g/mol. The number of H-pyrrole nitrogens is 1. The fraction of sp³-hybridized carbons (Fsp3) is 0.308. The summed E-state index contributed by atoms with van der Waals surface area (Å²) in [7, 11) is 0. The van der Waals surface area contributed by atoms with Crippen LogP contribution in [0.15, 0.2) is 48.8 Å². The molecule has 1 amide bonds. The topological polar surface area (TPSA) is 96.0 Å². The molecule has 5 heterocycles. The SMILES string of the molecule is CC(=O)Nc1cc(-c2[nH]c3c(OCCN4CCCC4)ccnc3c2-c2cccc(C(F)F)n2)ccn1. The summed E-state index contributed by atoms with van der Waals surface area (Å²) in [5.74, 6) is 0.736. The third-order valence-electron chi connectivity index (χ3n) is 6.12. The van der Waals surface area contributed by atoms with Crippen LogP contribution in [0.5, 0.6) is 5.75 Å². The maximum atomic E-state index is 13.5. The van der Waals surface area contributed by atoms with Gasteiger partial charge in [0.1, 0.15) is 34.9 Å². The first kappa shape index (κ1) is 23.8. The van der Waals surface area contributed by atoms with Gasteiger partial charge in [-0.1, -0.05) is 6.07 Å². The third kappa shape index (κ3) is 5.03. The number of anilines is 1. The zero-order chi connectivity index (χ0) is 25.1. The summed E-state index contributed by atoms with van der Waals surface area (Å²) in [5.41, 5.74) is 3.10. The largest absolute Gasteiger partial charge is 0.490 e. The average Bonchev–Trinajstić information content (AvgIpc) is 3.52. The number of amides is 1. The third-order valence-corrected chi connectivity index (χ3v) is 6.12. The van der Waals surface area contributed by atoms with E-state index in [-0.39, 0.29) is 11.6 Å². The van der Waals surface area contributed by atoms with E-state index in [2.05, 4.69) is 30.2 Å². The number of pyridine rings is 3. The van der Waals surface area contributed by atoms with Gasteiger partial charge in [0, 0.05) is 37.5 Å². The molecular formula is C26H26F2N6O2. The predicted molar refractivity (Wildman–Crippen MR) is 133 cm³/mol. The zero-order valence-corrected chi connectivity index (χ0v) is 19.8. The summed E-state index contributed by atoms with van der Waals surface area (Å²) < 4.78 is 33.1. The smallest absolute Gasteiger partial charge is 0.280 e. The molecule has 36 heavy (non-hydrogen) atoms. The molecule has 0 atom stereocenters. The van der Waals surface area contributed by atoms with Crippen LogP contribution in [0.1, 0.15) is 31.9 Å². The summed E-state index contributed by atoms with van der Waals surface area (Å²) >= 11 is 0.